The highest BCUT2D eigenvalue weighted by Gasteiger charge is 2.31. The van der Waals surface area contributed by atoms with Gasteiger partial charge in [-0.15, -0.1) is 0 Å². The summed E-state index contributed by atoms with van der Waals surface area (Å²) in [6.45, 7) is 5.68. The second-order valence-corrected chi connectivity index (χ2v) is 6.00. The first kappa shape index (κ1) is 15.3. The van der Waals surface area contributed by atoms with Crippen LogP contribution in [0.5, 0.6) is 11.8 Å². The van der Waals surface area contributed by atoms with Gasteiger partial charge in [-0.1, -0.05) is 38.4 Å². The van der Waals surface area contributed by atoms with E-state index in [1.54, 1.807) is 25.2 Å². The molecule has 21 heavy (non-hydrogen) atoms. The Hall–Kier alpha value is -2.08. The lowest BCUT2D eigenvalue weighted by Gasteiger charge is -2.15. The third-order valence-electron chi connectivity index (χ3n) is 2.81. The number of rotatable bonds is 3. The minimum absolute atomic E-state index is 0.0341. The van der Waals surface area contributed by atoms with Gasteiger partial charge in [0.05, 0.1) is 5.69 Å². The van der Waals surface area contributed by atoms with E-state index in [1.165, 1.54) is 4.68 Å². The largest absolute Gasteiger partial charge is 0.477 e. The fourth-order valence-corrected chi connectivity index (χ4v) is 2.04. The van der Waals surface area contributed by atoms with E-state index in [0.717, 1.165) is 0 Å². The summed E-state index contributed by atoms with van der Waals surface area (Å²) in [5.74, 6) is -0.749. The van der Waals surface area contributed by atoms with Gasteiger partial charge in [0.15, 0.2) is 0 Å². The lowest BCUT2D eigenvalue weighted by Crippen LogP contribution is -2.16. The second kappa shape index (κ2) is 5.37. The Balaban J connectivity index is 2.53. The zero-order valence-corrected chi connectivity index (χ0v) is 13.0. The van der Waals surface area contributed by atoms with Gasteiger partial charge in [-0.25, -0.2) is 14.5 Å². The number of carboxylic acid groups (broad SMARTS) is 1. The van der Waals surface area contributed by atoms with Gasteiger partial charge in [-0.2, -0.15) is 5.10 Å². The van der Waals surface area contributed by atoms with Crippen LogP contribution in [0.2, 0.25) is 5.15 Å². The van der Waals surface area contributed by atoms with Crippen molar-refractivity contribution < 1.29 is 14.6 Å². The maximum Gasteiger partial charge on any atom is 0.343 e. The zero-order chi connectivity index (χ0) is 15.8. The number of aryl methyl sites for hydroxylation is 1. The molecule has 0 atom stereocenters. The minimum Gasteiger partial charge on any atom is -0.477 e. The van der Waals surface area contributed by atoms with Crippen molar-refractivity contribution in [2.45, 2.75) is 26.2 Å². The smallest absolute Gasteiger partial charge is 0.343 e. The summed E-state index contributed by atoms with van der Waals surface area (Å²) >= 11 is 5.80. The number of pyridine rings is 1. The molecular weight excluding hydrogens is 294 g/mol. The van der Waals surface area contributed by atoms with E-state index in [-0.39, 0.29) is 22.5 Å². The van der Waals surface area contributed by atoms with Crippen LogP contribution in [0, 0.1) is 0 Å². The number of nitrogens with zero attached hydrogens (tertiary/aromatic N) is 3. The van der Waals surface area contributed by atoms with E-state index in [2.05, 4.69) is 10.1 Å². The van der Waals surface area contributed by atoms with Crippen molar-refractivity contribution in [1.29, 1.82) is 0 Å². The average Bonchev–Trinajstić information content (AvgIpc) is 2.67. The van der Waals surface area contributed by atoms with Crippen molar-refractivity contribution in [1.82, 2.24) is 14.8 Å². The van der Waals surface area contributed by atoms with Crippen LogP contribution in [0.25, 0.3) is 0 Å². The number of halogens is 1. The Morgan fingerprint density at radius 2 is 2.05 bits per heavy atom. The molecule has 0 saturated carbocycles. The molecule has 2 rings (SSSR count). The molecule has 2 aromatic heterocycles. The molecule has 0 aliphatic heterocycles. The second-order valence-electron chi connectivity index (χ2n) is 5.61. The summed E-state index contributed by atoms with van der Waals surface area (Å²) in [5.41, 5.74) is 0.0655. The summed E-state index contributed by atoms with van der Waals surface area (Å²) in [7, 11) is 1.63. The molecule has 0 aliphatic carbocycles. The molecule has 112 valence electrons. The van der Waals surface area contributed by atoms with E-state index in [9.17, 15) is 9.90 Å². The molecule has 0 spiro atoms. The molecule has 0 bridgehead atoms. The number of hydrogen-bond donors (Lipinski definition) is 1. The molecule has 2 heterocycles. The SMILES string of the molecule is Cn1nc(C(C)(C)C)c(C(=O)O)c1Oc1cccc(Cl)n1. The highest BCUT2D eigenvalue weighted by molar-refractivity contribution is 6.29. The van der Waals surface area contributed by atoms with Crippen LogP contribution in [0.15, 0.2) is 18.2 Å². The lowest BCUT2D eigenvalue weighted by molar-refractivity contribution is 0.0691. The van der Waals surface area contributed by atoms with Crippen molar-refractivity contribution in [2.24, 2.45) is 7.05 Å². The molecule has 0 radical (unpaired) electrons. The number of hydrogen-bond acceptors (Lipinski definition) is 4. The van der Waals surface area contributed by atoms with Gasteiger partial charge in [0, 0.05) is 18.5 Å². The van der Waals surface area contributed by atoms with E-state index in [1.807, 2.05) is 20.8 Å². The molecule has 0 fully saturated rings. The Morgan fingerprint density at radius 1 is 1.38 bits per heavy atom. The van der Waals surface area contributed by atoms with Crippen LogP contribution in [0.4, 0.5) is 0 Å². The van der Waals surface area contributed by atoms with Crippen molar-refractivity contribution in [3.63, 3.8) is 0 Å². The Bertz CT molecular complexity index is 689. The zero-order valence-electron chi connectivity index (χ0n) is 12.2. The summed E-state index contributed by atoms with van der Waals surface area (Å²) in [6, 6.07) is 4.88. The minimum atomic E-state index is -1.09. The number of carbonyl (C=O) groups is 1. The first-order chi connectivity index (χ1) is 9.70. The van der Waals surface area contributed by atoms with Gasteiger partial charge >= 0.3 is 5.97 Å². The van der Waals surface area contributed by atoms with Crippen LogP contribution < -0.4 is 4.74 Å². The highest BCUT2D eigenvalue weighted by Crippen LogP contribution is 2.33. The predicted octanol–water partition coefficient (Wildman–Crippen LogP) is 3.26. The monoisotopic (exact) mass is 309 g/mol. The van der Waals surface area contributed by atoms with Gasteiger partial charge < -0.3 is 9.84 Å². The van der Waals surface area contributed by atoms with Crippen molar-refractivity contribution in [3.05, 3.63) is 34.6 Å². The number of carboxylic acids is 1. The van der Waals surface area contributed by atoms with Crippen LogP contribution in [-0.4, -0.2) is 25.8 Å². The first-order valence-electron chi connectivity index (χ1n) is 6.31. The third kappa shape index (κ3) is 3.16. The number of aromatic carboxylic acids is 1. The molecule has 7 heteroatoms. The topological polar surface area (TPSA) is 77.2 Å². The fraction of sp³-hybridized carbons (Fsp3) is 0.357. The Labute approximate surface area is 127 Å². The molecule has 6 nitrogen and oxygen atoms in total. The molecule has 2 aromatic rings. The van der Waals surface area contributed by atoms with Gasteiger partial charge in [0.25, 0.3) is 0 Å². The summed E-state index contributed by atoms with van der Waals surface area (Å²) in [4.78, 5) is 15.6. The standard InChI is InChI=1S/C14H16ClN3O3/c1-14(2,3)11-10(13(19)20)12(18(4)17-11)21-9-7-5-6-8(15)16-9/h5-7H,1-4H3,(H,19,20). The van der Waals surface area contributed by atoms with Gasteiger partial charge in [0.2, 0.25) is 11.8 Å². The van der Waals surface area contributed by atoms with Crippen LogP contribution >= 0.6 is 11.6 Å². The molecule has 0 amide bonds. The van der Waals surface area contributed by atoms with Crippen molar-refractivity contribution in [3.8, 4) is 11.8 Å². The Kier molecular flexibility index (Phi) is 3.91. The maximum absolute atomic E-state index is 11.6. The quantitative estimate of drug-likeness (QED) is 0.881. The molecule has 0 aromatic carbocycles. The molecule has 0 aliphatic rings. The van der Waals surface area contributed by atoms with Gasteiger partial charge in [-0.3, -0.25) is 0 Å². The van der Waals surface area contributed by atoms with E-state index >= 15 is 0 Å². The van der Waals surface area contributed by atoms with Crippen LogP contribution in [0.1, 0.15) is 36.8 Å². The van der Waals surface area contributed by atoms with Crippen molar-refractivity contribution in [2.75, 3.05) is 0 Å². The molecule has 1 N–H and O–H groups in total. The average molecular weight is 310 g/mol. The predicted molar refractivity (Wildman–Crippen MR) is 78.2 cm³/mol. The van der Waals surface area contributed by atoms with Gasteiger partial charge in [-0.05, 0) is 6.07 Å². The van der Waals surface area contributed by atoms with E-state index in [4.69, 9.17) is 16.3 Å². The first-order valence-corrected chi connectivity index (χ1v) is 6.69. The number of aromatic nitrogens is 3. The van der Waals surface area contributed by atoms with E-state index < -0.39 is 11.4 Å². The van der Waals surface area contributed by atoms with Crippen molar-refractivity contribution >= 4 is 17.6 Å². The third-order valence-corrected chi connectivity index (χ3v) is 3.02. The normalized spacial score (nSPS) is 11.5. The van der Waals surface area contributed by atoms with Gasteiger partial charge in [0.1, 0.15) is 10.7 Å². The Morgan fingerprint density at radius 3 is 2.57 bits per heavy atom. The molecule has 0 unspecified atom stereocenters. The van der Waals surface area contributed by atoms with E-state index in [0.29, 0.717) is 5.69 Å². The molecule has 0 saturated heterocycles. The summed E-state index contributed by atoms with van der Waals surface area (Å²) in [5, 5.41) is 14.0. The number of ether oxygens (including phenoxy) is 1. The summed E-state index contributed by atoms with van der Waals surface area (Å²) in [6.07, 6.45) is 0. The highest BCUT2D eigenvalue weighted by atomic mass is 35.5. The molecular formula is C14H16ClN3O3. The fourth-order valence-electron chi connectivity index (χ4n) is 1.89. The lowest BCUT2D eigenvalue weighted by atomic mass is 9.89. The van der Waals surface area contributed by atoms with Crippen LogP contribution in [0.3, 0.4) is 0 Å². The summed E-state index contributed by atoms with van der Waals surface area (Å²) < 4.78 is 6.98. The van der Waals surface area contributed by atoms with Crippen LogP contribution in [-0.2, 0) is 12.5 Å². The maximum atomic E-state index is 11.6.